The zero-order valence-corrected chi connectivity index (χ0v) is 21.6. The van der Waals surface area contributed by atoms with Gasteiger partial charge < -0.3 is 23.7 Å². The highest BCUT2D eigenvalue weighted by Crippen LogP contribution is 2.38. The molecule has 3 aromatic carbocycles. The number of furan rings is 1. The summed E-state index contributed by atoms with van der Waals surface area (Å²) < 4.78 is 50.5. The summed E-state index contributed by atoms with van der Waals surface area (Å²) in [6, 6.07) is 20.3. The van der Waals surface area contributed by atoms with E-state index < -0.39 is 17.2 Å². The number of aliphatic hydroxyl groups is 1. The first-order valence-electron chi connectivity index (χ1n) is 12.1. The predicted molar refractivity (Wildman–Crippen MR) is 139 cm³/mol. The average molecular weight is 524 g/mol. The molecule has 8 heteroatoms. The lowest BCUT2D eigenvalue weighted by Crippen LogP contribution is -2.29. The number of hydrogen-bond acceptors (Lipinski definition) is 6. The van der Waals surface area contributed by atoms with Crippen LogP contribution in [0.5, 0.6) is 11.5 Å². The van der Waals surface area contributed by atoms with E-state index in [0.29, 0.717) is 43.5 Å². The fraction of sp³-hybridized carbons (Fsp3) is 0.267. The van der Waals surface area contributed by atoms with Crippen LogP contribution in [0.4, 0.5) is 8.78 Å². The van der Waals surface area contributed by atoms with E-state index in [-0.39, 0.29) is 16.9 Å². The van der Waals surface area contributed by atoms with Gasteiger partial charge in [0.15, 0.2) is 17.1 Å². The topological polar surface area (TPSA) is 64.3 Å². The Labute approximate surface area is 221 Å². The SMILES string of the molecule is COCCN(Cc1ccc(OC)c(OC)c1)Cc1ccc(C(O)(c2cccc(F)c2)c2cccc(F)c2)o1. The van der Waals surface area contributed by atoms with E-state index in [1.165, 1.54) is 36.4 Å². The quantitative estimate of drug-likeness (QED) is 0.264. The first-order valence-corrected chi connectivity index (χ1v) is 12.1. The van der Waals surface area contributed by atoms with Crippen molar-refractivity contribution in [3.8, 4) is 11.5 Å². The van der Waals surface area contributed by atoms with Crippen LogP contribution in [-0.4, -0.2) is 44.5 Å². The maximum Gasteiger partial charge on any atom is 0.173 e. The fourth-order valence-electron chi connectivity index (χ4n) is 4.43. The van der Waals surface area contributed by atoms with E-state index in [2.05, 4.69) is 4.90 Å². The van der Waals surface area contributed by atoms with Gasteiger partial charge in [0.05, 0.1) is 27.4 Å². The molecule has 1 heterocycles. The standard InChI is InChI=1S/C30H31F2NO5/c1-35-15-14-33(19-21-10-12-27(36-2)28(16-21)37-3)20-26-11-13-29(38-26)30(34,22-6-4-8-24(31)17-22)23-7-5-9-25(32)18-23/h4-13,16-18,34H,14-15,19-20H2,1-3H3. The highest BCUT2D eigenvalue weighted by atomic mass is 19.1. The summed E-state index contributed by atoms with van der Waals surface area (Å²) in [5.74, 6) is 0.954. The smallest absolute Gasteiger partial charge is 0.173 e. The van der Waals surface area contributed by atoms with Crippen molar-refractivity contribution >= 4 is 0 Å². The van der Waals surface area contributed by atoms with Crippen molar-refractivity contribution in [2.45, 2.75) is 18.7 Å². The van der Waals surface area contributed by atoms with Crippen molar-refractivity contribution in [1.82, 2.24) is 4.90 Å². The zero-order valence-electron chi connectivity index (χ0n) is 21.6. The van der Waals surface area contributed by atoms with Crippen LogP contribution in [0.2, 0.25) is 0 Å². The molecule has 0 amide bonds. The molecule has 38 heavy (non-hydrogen) atoms. The third-order valence-electron chi connectivity index (χ3n) is 6.35. The summed E-state index contributed by atoms with van der Waals surface area (Å²) in [4.78, 5) is 2.12. The van der Waals surface area contributed by atoms with Gasteiger partial charge in [0.2, 0.25) is 0 Å². The molecular formula is C30H31F2NO5. The number of halogens is 2. The Balaban J connectivity index is 1.65. The minimum absolute atomic E-state index is 0.154. The van der Waals surface area contributed by atoms with Crippen molar-refractivity contribution in [1.29, 1.82) is 0 Å². The van der Waals surface area contributed by atoms with Crippen molar-refractivity contribution in [2.75, 3.05) is 34.5 Å². The molecule has 6 nitrogen and oxygen atoms in total. The third-order valence-corrected chi connectivity index (χ3v) is 6.35. The predicted octanol–water partition coefficient (Wildman–Crippen LogP) is 5.51. The highest BCUT2D eigenvalue weighted by Gasteiger charge is 2.38. The van der Waals surface area contributed by atoms with Gasteiger partial charge in [-0.15, -0.1) is 0 Å². The van der Waals surface area contributed by atoms with Gasteiger partial charge in [-0.05, 0) is 65.2 Å². The van der Waals surface area contributed by atoms with Gasteiger partial charge in [-0.2, -0.15) is 0 Å². The molecule has 0 saturated carbocycles. The molecule has 0 bridgehead atoms. The molecule has 0 aliphatic carbocycles. The normalized spacial score (nSPS) is 11.7. The molecule has 1 aromatic heterocycles. The summed E-state index contributed by atoms with van der Waals surface area (Å²) in [5, 5.41) is 11.9. The van der Waals surface area contributed by atoms with Crippen LogP contribution in [0.3, 0.4) is 0 Å². The number of methoxy groups -OCH3 is 3. The van der Waals surface area contributed by atoms with Crippen molar-refractivity contribution in [3.63, 3.8) is 0 Å². The van der Waals surface area contributed by atoms with E-state index in [1.807, 2.05) is 18.2 Å². The Morgan fingerprint density at radius 2 is 1.45 bits per heavy atom. The maximum atomic E-state index is 14.2. The average Bonchev–Trinajstić information content (AvgIpc) is 3.40. The molecular weight excluding hydrogens is 492 g/mol. The van der Waals surface area contributed by atoms with Crippen molar-refractivity contribution in [2.24, 2.45) is 0 Å². The minimum Gasteiger partial charge on any atom is -0.493 e. The first-order chi connectivity index (χ1) is 18.4. The molecule has 1 N–H and O–H groups in total. The number of benzene rings is 3. The van der Waals surface area contributed by atoms with Crippen LogP contribution in [0.25, 0.3) is 0 Å². The van der Waals surface area contributed by atoms with Crippen LogP contribution < -0.4 is 9.47 Å². The van der Waals surface area contributed by atoms with Crippen LogP contribution in [-0.2, 0) is 23.4 Å². The Bertz CT molecular complexity index is 1310. The van der Waals surface area contributed by atoms with E-state index in [9.17, 15) is 13.9 Å². The second-order valence-electron chi connectivity index (χ2n) is 8.89. The first kappa shape index (κ1) is 27.3. The summed E-state index contributed by atoms with van der Waals surface area (Å²) in [5.41, 5.74) is -0.443. The molecule has 0 spiro atoms. The number of ether oxygens (including phenoxy) is 3. The minimum atomic E-state index is -1.90. The molecule has 0 radical (unpaired) electrons. The second-order valence-corrected chi connectivity index (χ2v) is 8.89. The monoisotopic (exact) mass is 523 g/mol. The van der Waals surface area contributed by atoms with Gasteiger partial charge in [-0.25, -0.2) is 8.78 Å². The Morgan fingerprint density at radius 1 is 0.789 bits per heavy atom. The van der Waals surface area contributed by atoms with E-state index in [4.69, 9.17) is 18.6 Å². The summed E-state index contributed by atoms with van der Waals surface area (Å²) in [6.07, 6.45) is 0. The Hall–Kier alpha value is -3.72. The van der Waals surface area contributed by atoms with Crippen LogP contribution in [0.1, 0.15) is 28.2 Å². The van der Waals surface area contributed by atoms with E-state index >= 15 is 0 Å². The largest absolute Gasteiger partial charge is 0.493 e. The second kappa shape index (κ2) is 12.2. The van der Waals surface area contributed by atoms with Gasteiger partial charge in [0.25, 0.3) is 0 Å². The summed E-state index contributed by atoms with van der Waals surface area (Å²) in [7, 11) is 4.82. The lowest BCUT2D eigenvalue weighted by Gasteiger charge is -2.27. The maximum absolute atomic E-state index is 14.2. The molecule has 0 aliphatic rings. The van der Waals surface area contributed by atoms with E-state index in [0.717, 1.165) is 5.56 Å². The van der Waals surface area contributed by atoms with Gasteiger partial charge in [-0.1, -0.05) is 30.3 Å². The Kier molecular flexibility index (Phi) is 8.78. The Morgan fingerprint density at radius 3 is 2.03 bits per heavy atom. The lowest BCUT2D eigenvalue weighted by molar-refractivity contribution is 0.0926. The van der Waals surface area contributed by atoms with Crippen LogP contribution >= 0.6 is 0 Å². The highest BCUT2D eigenvalue weighted by molar-refractivity contribution is 5.45. The van der Waals surface area contributed by atoms with E-state index in [1.54, 1.807) is 45.6 Å². The van der Waals surface area contributed by atoms with Crippen molar-refractivity contribution in [3.05, 3.63) is 119 Å². The number of hydrogen-bond donors (Lipinski definition) is 1. The zero-order chi connectivity index (χ0) is 27.1. The number of rotatable bonds is 12. The summed E-state index contributed by atoms with van der Waals surface area (Å²) in [6.45, 7) is 2.08. The van der Waals surface area contributed by atoms with Gasteiger partial charge in [-0.3, -0.25) is 4.90 Å². The molecule has 200 valence electrons. The molecule has 0 unspecified atom stereocenters. The molecule has 0 aliphatic heterocycles. The van der Waals surface area contributed by atoms with Crippen LogP contribution in [0.15, 0.2) is 83.3 Å². The fourth-order valence-corrected chi connectivity index (χ4v) is 4.43. The molecule has 0 atom stereocenters. The summed E-state index contributed by atoms with van der Waals surface area (Å²) >= 11 is 0. The van der Waals surface area contributed by atoms with Gasteiger partial charge in [0, 0.05) is 20.2 Å². The van der Waals surface area contributed by atoms with Crippen LogP contribution in [0, 0.1) is 11.6 Å². The van der Waals surface area contributed by atoms with Gasteiger partial charge >= 0.3 is 0 Å². The third kappa shape index (κ3) is 6.05. The lowest BCUT2D eigenvalue weighted by atomic mass is 9.84. The molecule has 4 aromatic rings. The molecule has 0 fully saturated rings. The number of nitrogens with zero attached hydrogens (tertiary/aromatic N) is 1. The molecule has 4 rings (SSSR count). The van der Waals surface area contributed by atoms with Crippen molar-refractivity contribution < 1.29 is 32.5 Å². The molecule has 0 saturated heterocycles. The van der Waals surface area contributed by atoms with Gasteiger partial charge in [0.1, 0.15) is 23.2 Å².